The number of rotatable bonds is 6. The summed E-state index contributed by atoms with van der Waals surface area (Å²) in [6.45, 7) is 5.32. The highest BCUT2D eigenvalue weighted by molar-refractivity contribution is 5.98. The van der Waals surface area contributed by atoms with E-state index < -0.39 is 17.7 Å². The smallest absolute Gasteiger partial charge is 0.373 e. The third-order valence-corrected chi connectivity index (χ3v) is 1.86. The summed E-state index contributed by atoms with van der Waals surface area (Å²) in [4.78, 5) is 22.4. The second-order valence-electron chi connectivity index (χ2n) is 3.18. The standard InChI is InChI=1S/C11H18O5/c1-4-6-7-16-10(13)8(3)9(12)11(14)15-5-2/h12H,4-7H2,1-3H3/b9-8-. The van der Waals surface area contributed by atoms with E-state index in [9.17, 15) is 14.7 Å². The predicted octanol–water partition coefficient (Wildman–Crippen LogP) is 1.72. The highest BCUT2D eigenvalue weighted by Crippen LogP contribution is 2.06. The van der Waals surface area contributed by atoms with Crippen LogP contribution in [0.5, 0.6) is 0 Å². The van der Waals surface area contributed by atoms with Gasteiger partial charge < -0.3 is 14.6 Å². The molecular formula is C11H18O5. The molecule has 0 rings (SSSR count). The number of aliphatic hydroxyl groups is 1. The van der Waals surface area contributed by atoms with Gasteiger partial charge in [0.05, 0.1) is 18.8 Å². The zero-order valence-corrected chi connectivity index (χ0v) is 9.91. The van der Waals surface area contributed by atoms with Crippen LogP contribution in [-0.2, 0) is 19.1 Å². The van der Waals surface area contributed by atoms with E-state index in [0.717, 1.165) is 12.8 Å². The first-order chi connectivity index (χ1) is 7.54. The number of carbonyl (C=O) groups is 2. The van der Waals surface area contributed by atoms with Crippen molar-refractivity contribution in [2.45, 2.75) is 33.6 Å². The van der Waals surface area contributed by atoms with Crippen LogP contribution in [0.1, 0.15) is 33.6 Å². The van der Waals surface area contributed by atoms with Crippen molar-refractivity contribution >= 4 is 11.9 Å². The molecule has 0 spiro atoms. The predicted molar refractivity (Wildman–Crippen MR) is 57.8 cm³/mol. The van der Waals surface area contributed by atoms with Gasteiger partial charge in [-0.05, 0) is 20.3 Å². The minimum atomic E-state index is -0.910. The number of unbranched alkanes of at least 4 members (excludes halogenated alkanes) is 1. The summed E-state index contributed by atoms with van der Waals surface area (Å²) in [5.74, 6) is -2.30. The SMILES string of the molecule is CCCCOC(=O)/C(C)=C(\O)C(=O)OCC. The lowest BCUT2D eigenvalue weighted by atomic mass is 10.2. The molecule has 5 nitrogen and oxygen atoms in total. The number of hydrogen-bond donors (Lipinski definition) is 1. The molecule has 0 bridgehead atoms. The van der Waals surface area contributed by atoms with Gasteiger partial charge in [-0.25, -0.2) is 9.59 Å². The molecule has 0 aliphatic carbocycles. The molecule has 0 aromatic rings. The molecule has 0 atom stereocenters. The van der Waals surface area contributed by atoms with Crippen LogP contribution < -0.4 is 0 Å². The summed E-state index contributed by atoms with van der Waals surface area (Å²) < 4.78 is 9.38. The molecule has 0 saturated carbocycles. The maximum absolute atomic E-state index is 11.3. The Morgan fingerprint density at radius 2 is 1.75 bits per heavy atom. The van der Waals surface area contributed by atoms with E-state index in [2.05, 4.69) is 4.74 Å². The largest absolute Gasteiger partial charge is 0.501 e. The summed E-state index contributed by atoms with van der Waals surface area (Å²) in [5, 5.41) is 9.35. The Hall–Kier alpha value is -1.52. The molecule has 5 heteroatoms. The lowest BCUT2D eigenvalue weighted by molar-refractivity contribution is -0.144. The van der Waals surface area contributed by atoms with Crippen LogP contribution in [0.2, 0.25) is 0 Å². The zero-order valence-electron chi connectivity index (χ0n) is 9.91. The van der Waals surface area contributed by atoms with Crippen LogP contribution >= 0.6 is 0 Å². The molecule has 1 N–H and O–H groups in total. The van der Waals surface area contributed by atoms with Crippen LogP contribution in [0.25, 0.3) is 0 Å². The van der Waals surface area contributed by atoms with Crippen LogP contribution in [-0.4, -0.2) is 30.3 Å². The summed E-state index contributed by atoms with van der Waals surface area (Å²) in [6, 6.07) is 0. The maximum Gasteiger partial charge on any atom is 0.373 e. The quantitative estimate of drug-likeness (QED) is 0.325. The number of hydrogen-bond acceptors (Lipinski definition) is 5. The van der Waals surface area contributed by atoms with Crippen LogP contribution in [0.4, 0.5) is 0 Å². The summed E-state index contributed by atoms with van der Waals surface area (Å²) >= 11 is 0. The highest BCUT2D eigenvalue weighted by atomic mass is 16.5. The summed E-state index contributed by atoms with van der Waals surface area (Å²) in [6.07, 6.45) is 1.65. The molecule has 0 amide bonds. The minimum absolute atomic E-state index is 0.130. The average Bonchev–Trinajstić information content (AvgIpc) is 2.27. The second kappa shape index (κ2) is 7.73. The van der Waals surface area contributed by atoms with Gasteiger partial charge in [-0.1, -0.05) is 13.3 Å². The van der Waals surface area contributed by atoms with Crippen LogP contribution in [0.15, 0.2) is 11.3 Å². The first kappa shape index (κ1) is 14.5. The molecule has 0 aliphatic heterocycles. The Morgan fingerprint density at radius 3 is 2.25 bits per heavy atom. The fourth-order valence-electron chi connectivity index (χ4n) is 0.867. The Bertz CT molecular complexity index is 280. The Balaban J connectivity index is 4.37. The van der Waals surface area contributed by atoms with E-state index in [0.29, 0.717) is 0 Å². The molecule has 16 heavy (non-hydrogen) atoms. The monoisotopic (exact) mass is 230 g/mol. The number of ether oxygens (including phenoxy) is 2. The van der Waals surface area contributed by atoms with Gasteiger partial charge in [0, 0.05) is 0 Å². The van der Waals surface area contributed by atoms with Crippen LogP contribution in [0, 0.1) is 0 Å². The molecule has 0 heterocycles. The number of carbonyl (C=O) groups excluding carboxylic acids is 2. The molecule has 92 valence electrons. The van der Waals surface area contributed by atoms with Crippen molar-refractivity contribution in [1.82, 2.24) is 0 Å². The second-order valence-corrected chi connectivity index (χ2v) is 3.18. The van der Waals surface area contributed by atoms with Crippen molar-refractivity contribution < 1.29 is 24.2 Å². The molecular weight excluding hydrogens is 212 g/mol. The van der Waals surface area contributed by atoms with Gasteiger partial charge in [-0.2, -0.15) is 0 Å². The molecule has 0 unspecified atom stereocenters. The minimum Gasteiger partial charge on any atom is -0.501 e. The van der Waals surface area contributed by atoms with E-state index >= 15 is 0 Å². The zero-order chi connectivity index (χ0) is 12.6. The normalized spacial score (nSPS) is 11.7. The van der Waals surface area contributed by atoms with Gasteiger partial charge >= 0.3 is 11.9 Å². The summed E-state index contributed by atoms with van der Waals surface area (Å²) in [7, 11) is 0. The molecule has 0 aromatic carbocycles. The Morgan fingerprint density at radius 1 is 1.12 bits per heavy atom. The lowest BCUT2D eigenvalue weighted by Gasteiger charge is -2.06. The van der Waals surface area contributed by atoms with Crippen molar-refractivity contribution in [2.75, 3.05) is 13.2 Å². The van der Waals surface area contributed by atoms with E-state index in [1.165, 1.54) is 6.92 Å². The van der Waals surface area contributed by atoms with E-state index in [-0.39, 0.29) is 18.8 Å². The van der Waals surface area contributed by atoms with Gasteiger partial charge in [0.25, 0.3) is 0 Å². The van der Waals surface area contributed by atoms with Crippen LogP contribution in [0.3, 0.4) is 0 Å². The van der Waals surface area contributed by atoms with Crippen molar-refractivity contribution in [3.05, 3.63) is 11.3 Å². The molecule has 0 aliphatic rings. The molecule has 0 aromatic heterocycles. The van der Waals surface area contributed by atoms with Gasteiger partial charge in [-0.15, -0.1) is 0 Å². The third-order valence-electron chi connectivity index (χ3n) is 1.86. The van der Waals surface area contributed by atoms with Crippen molar-refractivity contribution in [3.63, 3.8) is 0 Å². The maximum atomic E-state index is 11.3. The van der Waals surface area contributed by atoms with Gasteiger partial charge in [-0.3, -0.25) is 0 Å². The van der Waals surface area contributed by atoms with E-state index in [1.54, 1.807) is 6.92 Å². The van der Waals surface area contributed by atoms with Gasteiger partial charge in [0.1, 0.15) is 0 Å². The fraction of sp³-hybridized carbons (Fsp3) is 0.636. The molecule has 0 radical (unpaired) electrons. The Labute approximate surface area is 95.0 Å². The highest BCUT2D eigenvalue weighted by Gasteiger charge is 2.18. The molecule has 0 saturated heterocycles. The van der Waals surface area contributed by atoms with E-state index in [1.807, 2.05) is 6.92 Å². The Kier molecular flexibility index (Phi) is 7.00. The first-order valence-electron chi connectivity index (χ1n) is 5.28. The average molecular weight is 230 g/mol. The van der Waals surface area contributed by atoms with Crippen molar-refractivity contribution in [2.24, 2.45) is 0 Å². The fourth-order valence-corrected chi connectivity index (χ4v) is 0.867. The van der Waals surface area contributed by atoms with Gasteiger partial charge in [0.2, 0.25) is 5.76 Å². The number of aliphatic hydroxyl groups excluding tert-OH is 1. The van der Waals surface area contributed by atoms with Gasteiger partial charge in [0.15, 0.2) is 0 Å². The van der Waals surface area contributed by atoms with Crippen molar-refractivity contribution in [3.8, 4) is 0 Å². The van der Waals surface area contributed by atoms with E-state index in [4.69, 9.17) is 4.74 Å². The lowest BCUT2D eigenvalue weighted by Crippen LogP contribution is -2.15. The molecule has 0 fully saturated rings. The topological polar surface area (TPSA) is 72.8 Å². The van der Waals surface area contributed by atoms with Crippen molar-refractivity contribution in [1.29, 1.82) is 0 Å². The summed E-state index contributed by atoms with van der Waals surface area (Å²) in [5.41, 5.74) is -0.130. The third kappa shape index (κ3) is 4.82. The first-order valence-corrected chi connectivity index (χ1v) is 5.28. The number of esters is 2.